The predicted octanol–water partition coefficient (Wildman–Crippen LogP) is 8.54. The smallest absolute Gasteiger partial charge is 0.326 e. The van der Waals surface area contributed by atoms with Crippen molar-refractivity contribution in [3.05, 3.63) is 126 Å². The zero-order valence-corrected chi connectivity index (χ0v) is 47.4. The molecule has 0 radical (unpaired) electrons. The molecule has 0 unspecified atom stereocenters. The second-order valence-corrected chi connectivity index (χ2v) is 22.8. The van der Waals surface area contributed by atoms with Gasteiger partial charge >= 0.3 is 5.97 Å². The first kappa shape index (κ1) is 57.7. The third-order valence-corrected chi connectivity index (χ3v) is 15.0. The molecule has 0 aliphatic carbocycles. The van der Waals surface area contributed by atoms with Crippen LogP contribution in [-0.2, 0) is 35.6 Å². The van der Waals surface area contributed by atoms with Gasteiger partial charge in [0.05, 0.1) is 40.7 Å². The average molecular weight is 1110 g/mol. The Morgan fingerprint density at radius 3 is 2.27 bits per heavy atom. The van der Waals surface area contributed by atoms with Crippen LogP contribution in [-0.4, -0.2) is 126 Å². The summed E-state index contributed by atoms with van der Waals surface area (Å²) in [7, 11) is 0. The van der Waals surface area contributed by atoms with E-state index in [4.69, 9.17) is 19.7 Å². The fourth-order valence-corrected chi connectivity index (χ4v) is 10.2. The minimum absolute atomic E-state index is 0.00740. The standard InChI is InChI=1S/C60H70N16O6/c1-40-36-72(58-64-34-44(35-65-58)48-21-20-47-54(78)60(5,6)76(55(47)66-48)37-43-17-15-25-62-50(43)32-61)28-29-75(40)53(77)31-45-38-73(70-68-45)26-12-10-8-7-9-11-13-27-74-39-51(69-71-74)41-16-14-18-46(30-41)82-52-22-19-42(33-63-52)56(79)67-49(57(80)81)23-24-59(2,3)4/h14-22,25,30,33-35,38-40,49H,7-13,23-24,26-29,31,36-37H2,1-6H3,(H,67,79)(H,80,81)/t40-,49+/m1/s1. The van der Waals surface area contributed by atoms with Crippen molar-refractivity contribution in [1.29, 1.82) is 5.26 Å². The summed E-state index contributed by atoms with van der Waals surface area (Å²) in [6, 6.07) is 18.9. The fourth-order valence-electron chi connectivity index (χ4n) is 10.2. The van der Waals surface area contributed by atoms with Gasteiger partial charge in [0, 0.05) is 99.1 Å². The number of amides is 2. The molecule has 8 heterocycles. The number of piperazine rings is 1. The Bertz CT molecular complexity index is 3420. The number of carboxylic acid groups (broad SMARTS) is 1. The summed E-state index contributed by atoms with van der Waals surface area (Å²) in [6.07, 6.45) is 18.9. The number of benzene rings is 1. The van der Waals surface area contributed by atoms with Crippen LogP contribution in [0.2, 0.25) is 0 Å². The summed E-state index contributed by atoms with van der Waals surface area (Å²) in [5, 5.41) is 39.3. The van der Waals surface area contributed by atoms with Crippen LogP contribution in [0.15, 0.2) is 97.8 Å². The first-order chi connectivity index (χ1) is 39.4. The Kier molecular flexibility index (Phi) is 18.0. The highest BCUT2D eigenvalue weighted by atomic mass is 16.5. The van der Waals surface area contributed by atoms with Gasteiger partial charge in [-0.2, -0.15) is 5.26 Å². The number of Topliss-reactive ketones (excluding diaryl/α,β-unsaturated/α-hetero) is 1. The number of rotatable bonds is 24. The van der Waals surface area contributed by atoms with Crippen molar-refractivity contribution >= 4 is 35.3 Å². The highest BCUT2D eigenvalue weighted by Crippen LogP contribution is 2.40. The molecule has 2 amide bonds. The minimum atomic E-state index is -1.07. The molecule has 2 aliphatic rings. The van der Waals surface area contributed by atoms with Gasteiger partial charge in [0.2, 0.25) is 17.7 Å². The molecule has 0 saturated carbocycles. The SMILES string of the molecule is C[C@@H]1CN(c2ncc(-c3ccc4c(n3)N(Cc3cccnc3C#N)C(C)(C)C4=O)cn2)CCN1C(=O)Cc1cn(CCCCCCCCCn2cc(-c3cccc(Oc4ccc(C(=O)N[C@@H](CCC(C)(C)C)C(=O)O)cn4)c3)nn2)nn1. The number of unbranched alkanes of at least 4 members (excludes halogenated alkanes) is 6. The number of carboxylic acids is 1. The molecule has 82 heavy (non-hydrogen) atoms. The number of nitrogens with one attached hydrogen (secondary N) is 1. The Morgan fingerprint density at radius 1 is 0.841 bits per heavy atom. The van der Waals surface area contributed by atoms with Crippen molar-refractivity contribution in [2.24, 2.45) is 5.41 Å². The van der Waals surface area contributed by atoms with Gasteiger partial charge in [0.15, 0.2) is 5.78 Å². The molecule has 1 aromatic carbocycles. The van der Waals surface area contributed by atoms with Gasteiger partial charge in [-0.15, -0.1) is 10.2 Å². The number of aliphatic carboxylic acids is 1. The molecule has 1 saturated heterocycles. The van der Waals surface area contributed by atoms with Crippen LogP contribution in [0.4, 0.5) is 11.8 Å². The topological polar surface area (TPSA) is 269 Å². The third kappa shape index (κ3) is 14.3. The van der Waals surface area contributed by atoms with E-state index in [-0.39, 0.29) is 41.0 Å². The zero-order valence-electron chi connectivity index (χ0n) is 47.4. The van der Waals surface area contributed by atoms with Gasteiger partial charge in [0.25, 0.3) is 5.91 Å². The van der Waals surface area contributed by atoms with E-state index >= 15 is 0 Å². The number of carbonyl (C=O) groups is 4. The quantitative estimate of drug-likeness (QED) is 0.0536. The molecule has 0 bridgehead atoms. The summed E-state index contributed by atoms with van der Waals surface area (Å²) in [5.74, 6) is 0.313. The van der Waals surface area contributed by atoms with Gasteiger partial charge < -0.3 is 29.9 Å². The number of ether oxygens (including phenoxy) is 1. The maximum Gasteiger partial charge on any atom is 0.326 e. The molecule has 22 nitrogen and oxygen atoms in total. The van der Waals surface area contributed by atoms with E-state index in [1.54, 1.807) is 48.9 Å². The van der Waals surface area contributed by atoms with Crippen LogP contribution in [0, 0.1) is 16.7 Å². The Labute approximate surface area is 477 Å². The lowest BCUT2D eigenvalue weighted by Crippen LogP contribution is -2.54. The molecule has 2 atom stereocenters. The molecule has 1 fully saturated rings. The Balaban J connectivity index is 0.647. The number of aryl methyl sites for hydroxylation is 2. The first-order valence-electron chi connectivity index (χ1n) is 28.0. The van der Waals surface area contributed by atoms with Crippen molar-refractivity contribution in [2.75, 3.05) is 29.4 Å². The van der Waals surface area contributed by atoms with Crippen molar-refractivity contribution in [3.8, 4) is 40.2 Å². The molecular formula is C60H70N16O6. The lowest BCUT2D eigenvalue weighted by atomic mass is 9.88. The molecule has 426 valence electrons. The number of hydrogen-bond donors (Lipinski definition) is 2. The van der Waals surface area contributed by atoms with Gasteiger partial charge in [0.1, 0.15) is 35.1 Å². The number of anilines is 2. The normalized spacial score (nSPS) is 15.3. The molecule has 0 spiro atoms. The van der Waals surface area contributed by atoms with E-state index < -0.39 is 23.5 Å². The van der Waals surface area contributed by atoms with E-state index in [0.717, 1.165) is 69.3 Å². The summed E-state index contributed by atoms with van der Waals surface area (Å²) in [6.45, 7) is 15.3. The van der Waals surface area contributed by atoms with Crippen LogP contribution in [0.5, 0.6) is 11.6 Å². The molecule has 2 N–H and O–H groups in total. The third-order valence-electron chi connectivity index (χ3n) is 15.0. The van der Waals surface area contributed by atoms with Crippen molar-refractivity contribution < 1.29 is 29.0 Å². The molecule has 6 aromatic heterocycles. The number of fused-ring (bicyclic) bond motifs is 1. The Hall–Kier alpha value is -9.00. The van der Waals surface area contributed by atoms with Crippen LogP contribution >= 0.6 is 0 Å². The second-order valence-electron chi connectivity index (χ2n) is 22.8. The number of aromatic nitrogens is 11. The predicted molar refractivity (Wildman–Crippen MR) is 306 cm³/mol. The van der Waals surface area contributed by atoms with Crippen molar-refractivity contribution in [2.45, 2.75) is 143 Å². The summed E-state index contributed by atoms with van der Waals surface area (Å²) in [5.41, 5.74) is 4.39. The molecule has 2 aliphatic heterocycles. The number of pyridine rings is 3. The minimum Gasteiger partial charge on any atom is -0.480 e. The van der Waals surface area contributed by atoms with Crippen LogP contribution in [0.25, 0.3) is 22.5 Å². The second kappa shape index (κ2) is 25.6. The van der Waals surface area contributed by atoms with Crippen LogP contribution < -0.4 is 19.9 Å². The average Bonchev–Trinajstić information content (AvgIpc) is 3.10. The maximum atomic E-state index is 13.5. The molecular weight excluding hydrogens is 1040 g/mol. The largest absolute Gasteiger partial charge is 0.480 e. The summed E-state index contributed by atoms with van der Waals surface area (Å²) >= 11 is 0. The molecule has 22 heteroatoms. The number of ketones is 1. The number of nitrogens with zero attached hydrogens (tertiary/aromatic N) is 15. The van der Waals surface area contributed by atoms with E-state index in [9.17, 15) is 29.5 Å². The maximum absolute atomic E-state index is 13.5. The highest BCUT2D eigenvalue weighted by Gasteiger charge is 2.45. The fraction of sp³-hybridized carbons (Fsp3) is 0.433. The number of nitriles is 1. The van der Waals surface area contributed by atoms with Crippen LogP contribution in [0.3, 0.4) is 0 Å². The van der Waals surface area contributed by atoms with E-state index in [1.807, 2.05) is 103 Å². The molecule has 7 aromatic rings. The lowest BCUT2D eigenvalue weighted by molar-refractivity contribution is -0.139. The first-order valence-corrected chi connectivity index (χ1v) is 28.0. The lowest BCUT2D eigenvalue weighted by Gasteiger charge is -2.39. The van der Waals surface area contributed by atoms with E-state index in [0.29, 0.717) is 90.3 Å². The summed E-state index contributed by atoms with van der Waals surface area (Å²) in [4.78, 5) is 80.3. The number of carbonyl (C=O) groups excluding carboxylic acids is 3. The Morgan fingerprint density at radius 2 is 1.57 bits per heavy atom. The van der Waals surface area contributed by atoms with Gasteiger partial charge in [-0.3, -0.25) is 23.7 Å². The van der Waals surface area contributed by atoms with Gasteiger partial charge in [-0.1, -0.05) is 81.5 Å². The van der Waals surface area contributed by atoms with Crippen LogP contribution in [0.1, 0.15) is 137 Å². The zero-order chi connectivity index (χ0) is 58.0. The highest BCUT2D eigenvalue weighted by molar-refractivity contribution is 6.13. The van der Waals surface area contributed by atoms with Gasteiger partial charge in [-0.25, -0.2) is 29.7 Å². The van der Waals surface area contributed by atoms with Gasteiger partial charge in [-0.05, 0) is 88.3 Å². The number of hydrogen-bond acceptors (Lipinski definition) is 17. The summed E-state index contributed by atoms with van der Waals surface area (Å²) < 4.78 is 9.67. The van der Waals surface area contributed by atoms with Crippen molar-refractivity contribution in [1.82, 2.24) is 65.1 Å². The van der Waals surface area contributed by atoms with E-state index in [2.05, 4.69) is 46.9 Å². The van der Waals surface area contributed by atoms with E-state index in [1.165, 1.54) is 6.20 Å². The molecule has 9 rings (SSSR count). The van der Waals surface area contributed by atoms with Crippen molar-refractivity contribution in [3.63, 3.8) is 0 Å². The monoisotopic (exact) mass is 1110 g/mol.